The van der Waals surface area contributed by atoms with Crippen LogP contribution >= 0.6 is 0 Å². The lowest BCUT2D eigenvalue weighted by molar-refractivity contribution is -0.148. The number of carbonyl (C=O) groups excluding carboxylic acids is 4. The maximum absolute atomic E-state index is 12.3. The summed E-state index contributed by atoms with van der Waals surface area (Å²) in [6.07, 6.45) is 3.32. The molecule has 0 radical (unpaired) electrons. The second-order valence-electron chi connectivity index (χ2n) is 7.15. The van der Waals surface area contributed by atoms with Crippen LogP contribution in [0.25, 0.3) is 0 Å². The molecular formula is C20H24N2O5. The van der Waals surface area contributed by atoms with Crippen LogP contribution in [0, 0.1) is 18.8 Å². The van der Waals surface area contributed by atoms with Gasteiger partial charge in [-0.1, -0.05) is 25.0 Å². The van der Waals surface area contributed by atoms with E-state index in [1.807, 2.05) is 25.1 Å². The summed E-state index contributed by atoms with van der Waals surface area (Å²) in [5, 5.41) is 2.65. The predicted octanol–water partition coefficient (Wildman–Crippen LogP) is 2.04. The zero-order chi connectivity index (χ0) is 19.4. The van der Waals surface area contributed by atoms with Crippen LogP contribution in [0.1, 0.15) is 37.7 Å². The Kier molecular flexibility index (Phi) is 5.88. The van der Waals surface area contributed by atoms with Crippen LogP contribution in [0.15, 0.2) is 24.3 Å². The van der Waals surface area contributed by atoms with Gasteiger partial charge in [-0.15, -0.1) is 0 Å². The molecule has 1 aromatic carbocycles. The van der Waals surface area contributed by atoms with Gasteiger partial charge in [0.2, 0.25) is 11.8 Å². The van der Waals surface area contributed by atoms with E-state index in [1.54, 1.807) is 6.07 Å². The van der Waals surface area contributed by atoms with E-state index in [4.69, 9.17) is 4.74 Å². The smallest absolute Gasteiger partial charge is 0.308 e. The normalized spacial score (nSPS) is 21.7. The van der Waals surface area contributed by atoms with E-state index in [0.717, 1.165) is 31.2 Å². The number of aryl methyl sites for hydroxylation is 1. The highest BCUT2D eigenvalue weighted by Gasteiger charge is 2.47. The third kappa shape index (κ3) is 4.53. The van der Waals surface area contributed by atoms with Gasteiger partial charge in [0.15, 0.2) is 6.61 Å². The zero-order valence-electron chi connectivity index (χ0n) is 15.4. The molecule has 3 amide bonds. The molecule has 27 heavy (non-hydrogen) atoms. The molecule has 2 fully saturated rings. The van der Waals surface area contributed by atoms with Gasteiger partial charge in [0, 0.05) is 12.2 Å². The van der Waals surface area contributed by atoms with Gasteiger partial charge in [0.25, 0.3) is 5.91 Å². The van der Waals surface area contributed by atoms with Crippen molar-refractivity contribution in [2.45, 2.75) is 39.0 Å². The Bertz CT molecular complexity index is 736. The molecule has 1 saturated carbocycles. The van der Waals surface area contributed by atoms with Crippen molar-refractivity contribution in [1.82, 2.24) is 4.90 Å². The number of ether oxygens (including phenoxy) is 1. The molecule has 1 aliphatic heterocycles. The molecule has 1 heterocycles. The van der Waals surface area contributed by atoms with Gasteiger partial charge in [0.05, 0.1) is 18.3 Å². The molecule has 1 saturated heterocycles. The Balaban J connectivity index is 1.42. The van der Waals surface area contributed by atoms with Crippen LogP contribution in [-0.4, -0.2) is 41.7 Å². The number of rotatable bonds is 6. The fourth-order valence-corrected chi connectivity index (χ4v) is 3.79. The number of nitrogens with one attached hydrogen (secondary N) is 1. The van der Waals surface area contributed by atoms with Crippen molar-refractivity contribution in [3.05, 3.63) is 29.8 Å². The molecular weight excluding hydrogens is 348 g/mol. The highest BCUT2D eigenvalue weighted by atomic mass is 16.5. The third-order valence-corrected chi connectivity index (χ3v) is 5.14. The standard InChI is InChI=1S/C20H24N2O5/c1-13-5-4-6-14(11-13)21-17(23)12-27-18(24)9-10-22-19(25)15-7-2-3-8-16(15)20(22)26/h4-6,11,15-16H,2-3,7-10,12H2,1H3,(H,21,23)/t15-,16+. The number of anilines is 1. The topological polar surface area (TPSA) is 92.8 Å². The predicted molar refractivity (Wildman–Crippen MR) is 97.6 cm³/mol. The van der Waals surface area contributed by atoms with E-state index in [-0.39, 0.29) is 36.6 Å². The first-order valence-electron chi connectivity index (χ1n) is 9.33. The lowest BCUT2D eigenvalue weighted by atomic mass is 9.81. The zero-order valence-corrected chi connectivity index (χ0v) is 15.4. The Hall–Kier alpha value is -2.70. The average molecular weight is 372 g/mol. The lowest BCUT2D eigenvalue weighted by Gasteiger charge is -2.19. The minimum Gasteiger partial charge on any atom is -0.456 e. The number of esters is 1. The molecule has 7 heteroatoms. The molecule has 3 rings (SSSR count). The first-order valence-corrected chi connectivity index (χ1v) is 9.33. The molecule has 1 N–H and O–H groups in total. The Labute approximate surface area is 158 Å². The molecule has 0 aromatic heterocycles. The van der Waals surface area contributed by atoms with Crippen LogP contribution in [0.5, 0.6) is 0 Å². The number of fused-ring (bicyclic) bond motifs is 1. The monoisotopic (exact) mass is 372 g/mol. The Morgan fingerprint density at radius 1 is 1.15 bits per heavy atom. The van der Waals surface area contributed by atoms with Crippen LogP contribution in [0.4, 0.5) is 5.69 Å². The second kappa shape index (κ2) is 8.33. The number of hydrogen-bond donors (Lipinski definition) is 1. The minimum absolute atomic E-state index is 0.0169. The van der Waals surface area contributed by atoms with E-state index in [2.05, 4.69) is 5.32 Å². The average Bonchev–Trinajstić information content (AvgIpc) is 2.89. The minimum atomic E-state index is -0.607. The van der Waals surface area contributed by atoms with Gasteiger partial charge in [-0.2, -0.15) is 0 Å². The first kappa shape index (κ1) is 19.1. The van der Waals surface area contributed by atoms with E-state index in [1.165, 1.54) is 4.90 Å². The van der Waals surface area contributed by atoms with Gasteiger partial charge >= 0.3 is 5.97 Å². The van der Waals surface area contributed by atoms with Crippen molar-refractivity contribution in [1.29, 1.82) is 0 Å². The van der Waals surface area contributed by atoms with Gasteiger partial charge < -0.3 is 10.1 Å². The summed E-state index contributed by atoms with van der Waals surface area (Å²) in [4.78, 5) is 49.6. The number of carbonyl (C=O) groups is 4. The lowest BCUT2D eigenvalue weighted by Crippen LogP contribution is -2.33. The summed E-state index contributed by atoms with van der Waals surface area (Å²) in [5.41, 5.74) is 1.64. The fourth-order valence-electron chi connectivity index (χ4n) is 3.79. The summed E-state index contributed by atoms with van der Waals surface area (Å²) in [6.45, 7) is 1.52. The van der Waals surface area contributed by atoms with Gasteiger partial charge in [-0.3, -0.25) is 24.1 Å². The number of amides is 3. The van der Waals surface area contributed by atoms with Crippen molar-refractivity contribution in [2.24, 2.45) is 11.8 Å². The highest BCUT2D eigenvalue weighted by molar-refractivity contribution is 6.05. The maximum Gasteiger partial charge on any atom is 0.308 e. The molecule has 0 bridgehead atoms. The van der Waals surface area contributed by atoms with Crippen LogP contribution in [0.2, 0.25) is 0 Å². The fraction of sp³-hybridized carbons (Fsp3) is 0.500. The van der Waals surface area contributed by atoms with Crippen LogP contribution in [0.3, 0.4) is 0 Å². The van der Waals surface area contributed by atoms with Crippen molar-refractivity contribution in [2.75, 3.05) is 18.5 Å². The Morgan fingerprint density at radius 3 is 2.44 bits per heavy atom. The molecule has 1 aromatic rings. The SMILES string of the molecule is Cc1cccc(NC(=O)COC(=O)CCN2C(=O)[C@H]3CCCC[C@H]3C2=O)c1. The molecule has 2 atom stereocenters. The first-order chi connectivity index (χ1) is 13.0. The van der Waals surface area contributed by atoms with Crippen molar-refractivity contribution in [3.8, 4) is 0 Å². The molecule has 7 nitrogen and oxygen atoms in total. The van der Waals surface area contributed by atoms with E-state index < -0.39 is 18.5 Å². The van der Waals surface area contributed by atoms with Crippen LogP contribution in [-0.2, 0) is 23.9 Å². The molecule has 0 spiro atoms. The maximum atomic E-state index is 12.3. The number of likely N-dealkylation sites (tertiary alicyclic amines) is 1. The quantitative estimate of drug-likeness (QED) is 0.609. The summed E-state index contributed by atoms with van der Waals surface area (Å²) >= 11 is 0. The van der Waals surface area contributed by atoms with E-state index >= 15 is 0 Å². The second-order valence-corrected chi connectivity index (χ2v) is 7.15. The molecule has 0 unspecified atom stereocenters. The van der Waals surface area contributed by atoms with Crippen LogP contribution < -0.4 is 5.32 Å². The summed E-state index contributed by atoms with van der Waals surface area (Å²) in [6, 6.07) is 7.28. The largest absolute Gasteiger partial charge is 0.456 e. The van der Waals surface area contributed by atoms with Crippen molar-refractivity contribution < 1.29 is 23.9 Å². The molecule has 1 aliphatic carbocycles. The van der Waals surface area contributed by atoms with Crippen molar-refractivity contribution in [3.63, 3.8) is 0 Å². The number of nitrogens with zero attached hydrogens (tertiary/aromatic N) is 1. The third-order valence-electron chi connectivity index (χ3n) is 5.14. The van der Waals surface area contributed by atoms with E-state index in [0.29, 0.717) is 5.69 Å². The number of hydrogen-bond acceptors (Lipinski definition) is 5. The summed E-state index contributed by atoms with van der Waals surface area (Å²) in [7, 11) is 0. The van der Waals surface area contributed by atoms with Crippen molar-refractivity contribution >= 4 is 29.4 Å². The van der Waals surface area contributed by atoms with Gasteiger partial charge in [-0.25, -0.2) is 0 Å². The summed E-state index contributed by atoms with van der Waals surface area (Å²) in [5.74, 6) is -1.83. The van der Waals surface area contributed by atoms with Gasteiger partial charge in [0.1, 0.15) is 0 Å². The van der Waals surface area contributed by atoms with E-state index in [9.17, 15) is 19.2 Å². The molecule has 2 aliphatic rings. The Morgan fingerprint density at radius 2 is 1.81 bits per heavy atom. The highest BCUT2D eigenvalue weighted by Crippen LogP contribution is 2.37. The van der Waals surface area contributed by atoms with Gasteiger partial charge in [-0.05, 0) is 37.5 Å². The summed E-state index contributed by atoms with van der Waals surface area (Å²) < 4.78 is 4.96. The number of imide groups is 1. The number of benzene rings is 1. The molecule has 144 valence electrons.